The Labute approximate surface area is 165 Å². The first-order valence-corrected chi connectivity index (χ1v) is 9.77. The van der Waals surface area contributed by atoms with E-state index in [0.29, 0.717) is 22.9 Å². The second-order valence-corrected chi connectivity index (χ2v) is 7.66. The first-order chi connectivity index (χ1) is 13.8. The molecule has 2 aromatic carbocycles. The molecule has 0 aliphatic heterocycles. The van der Waals surface area contributed by atoms with E-state index in [1.54, 1.807) is 31.2 Å². The Balaban J connectivity index is 1.68. The number of anilines is 1. The highest BCUT2D eigenvalue weighted by atomic mass is 32.2. The number of amides is 1. The molecular formula is C17H16N6O5S. The molecular weight excluding hydrogens is 400 g/mol. The lowest BCUT2D eigenvalue weighted by Gasteiger charge is -2.09. The molecule has 0 aliphatic carbocycles. The summed E-state index contributed by atoms with van der Waals surface area (Å²) in [5.74, 6) is 0.449. The van der Waals surface area contributed by atoms with E-state index in [1.807, 2.05) is 0 Å². The lowest BCUT2D eigenvalue weighted by atomic mass is 10.2. The number of H-pyrrole nitrogens is 1. The van der Waals surface area contributed by atoms with Crippen LogP contribution in [-0.2, 0) is 14.8 Å². The summed E-state index contributed by atoms with van der Waals surface area (Å²) in [6.07, 6.45) is 0. The van der Waals surface area contributed by atoms with Crippen molar-refractivity contribution in [3.8, 4) is 11.4 Å². The van der Waals surface area contributed by atoms with Crippen molar-refractivity contribution < 1.29 is 18.1 Å². The van der Waals surface area contributed by atoms with Gasteiger partial charge < -0.3 is 5.32 Å². The Morgan fingerprint density at radius 3 is 2.66 bits per heavy atom. The monoisotopic (exact) mass is 416 g/mol. The maximum Gasteiger partial charge on any atom is 0.289 e. The highest BCUT2D eigenvalue weighted by Crippen LogP contribution is 2.22. The van der Waals surface area contributed by atoms with Gasteiger partial charge in [-0.2, -0.15) is 5.10 Å². The van der Waals surface area contributed by atoms with E-state index < -0.39 is 38.0 Å². The van der Waals surface area contributed by atoms with Gasteiger partial charge in [-0.25, -0.2) is 18.1 Å². The third kappa shape index (κ3) is 4.80. The van der Waals surface area contributed by atoms with Gasteiger partial charge in [-0.3, -0.25) is 20.0 Å². The van der Waals surface area contributed by atoms with Gasteiger partial charge in [0.1, 0.15) is 5.82 Å². The minimum Gasteiger partial charge on any atom is -0.325 e. The number of carbonyl (C=O) groups excluding carboxylic acids is 1. The van der Waals surface area contributed by atoms with E-state index in [0.717, 1.165) is 12.1 Å². The van der Waals surface area contributed by atoms with E-state index in [1.165, 1.54) is 12.1 Å². The average Bonchev–Trinajstić information content (AvgIpc) is 3.13. The SMILES string of the molecule is Cc1nc(-c2cccc(NC(=O)CNS(=O)(=O)c3ccccc3[N+](=O)[O-])c2)n[nH]1. The first-order valence-electron chi connectivity index (χ1n) is 8.28. The van der Waals surface area contributed by atoms with Crippen LogP contribution in [-0.4, -0.2) is 41.0 Å². The zero-order valence-electron chi connectivity index (χ0n) is 15.1. The maximum absolute atomic E-state index is 12.3. The van der Waals surface area contributed by atoms with E-state index >= 15 is 0 Å². The number of nitro benzene ring substituents is 1. The van der Waals surface area contributed by atoms with E-state index in [2.05, 4.69) is 25.2 Å². The summed E-state index contributed by atoms with van der Waals surface area (Å²) in [6.45, 7) is 1.16. The molecule has 0 saturated carbocycles. The molecule has 3 N–H and O–H groups in total. The van der Waals surface area contributed by atoms with Crippen LogP contribution in [0.25, 0.3) is 11.4 Å². The maximum atomic E-state index is 12.3. The molecule has 0 spiro atoms. The zero-order chi connectivity index (χ0) is 21.0. The van der Waals surface area contributed by atoms with Crippen molar-refractivity contribution in [2.45, 2.75) is 11.8 Å². The van der Waals surface area contributed by atoms with Gasteiger partial charge in [0.05, 0.1) is 11.5 Å². The lowest BCUT2D eigenvalue weighted by molar-refractivity contribution is -0.387. The summed E-state index contributed by atoms with van der Waals surface area (Å²) in [6, 6.07) is 11.6. The minimum absolute atomic E-state index is 0.417. The minimum atomic E-state index is -4.25. The number of rotatable bonds is 7. The number of hydrogen-bond acceptors (Lipinski definition) is 7. The molecule has 1 amide bonds. The number of nitro groups is 1. The van der Waals surface area contributed by atoms with Crippen LogP contribution >= 0.6 is 0 Å². The Morgan fingerprint density at radius 2 is 1.97 bits per heavy atom. The van der Waals surface area contributed by atoms with Crippen molar-refractivity contribution in [2.75, 3.05) is 11.9 Å². The predicted octanol–water partition coefficient (Wildman–Crippen LogP) is 1.61. The zero-order valence-corrected chi connectivity index (χ0v) is 15.9. The van der Waals surface area contributed by atoms with Crippen LogP contribution in [0.4, 0.5) is 11.4 Å². The van der Waals surface area contributed by atoms with E-state index in [9.17, 15) is 23.3 Å². The number of hydrogen-bond donors (Lipinski definition) is 3. The van der Waals surface area contributed by atoms with Crippen molar-refractivity contribution in [1.29, 1.82) is 0 Å². The van der Waals surface area contributed by atoms with Gasteiger partial charge in [-0.15, -0.1) is 0 Å². The molecule has 1 aromatic heterocycles. The Morgan fingerprint density at radius 1 is 1.21 bits per heavy atom. The second kappa shape index (κ2) is 8.16. The fraction of sp³-hybridized carbons (Fsp3) is 0.118. The molecule has 29 heavy (non-hydrogen) atoms. The molecule has 0 aliphatic rings. The smallest absolute Gasteiger partial charge is 0.289 e. The summed E-state index contributed by atoms with van der Waals surface area (Å²) < 4.78 is 26.7. The molecule has 1 heterocycles. The standard InChI is InChI=1S/C17H16N6O5S/c1-11-19-17(22-21-11)12-5-4-6-13(9-12)20-16(24)10-18-29(27,28)15-8-3-2-7-14(15)23(25)26/h2-9,18H,10H2,1H3,(H,20,24)(H,19,21,22). The van der Waals surface area contributed by atoms with Gasteiger partial charge in [0.25, 0.3) is 5.69 Å². The number of sulfonamides is 1. The van der Waals surface area contributed by atoms with Crippen molar-refractivity contribution in [3.63, 3.8) is 0 Å². The van der Waals surface area contributed by atoms with Gasteiger partial charge in [-0.05, 0) is 25.1 Å². The molecule has 12 heteroatoms. The molecule has 0 atom stereocenters. The van der Waals surface area contributed by atoms with Crippen molar-refractivity contribution in [1.82, 2.24) is 19.9 Å². The topological polar surface area (TPSA) is 160 Å². The van der Waals surface area contributed by atoms with Crippen molar-refractivity contribution >= 4 is 27.3 Å². The summed E-state index contributed by atoms with van der Waals surface area (Å²) in [7, 11) is -4.25. The first kappa shape index (κ1) is 20.1. The number of aromatic nitrogens is 3. The summed E-state index contributed by atoms with van der Waals surface area (Å²) in [5.41, 5.74) is 0.502. The highest BCUT2D eigenvalue weighted by Gasteiger charge is 2.25. The summed E-state index contributed by atoms with van der Waals surface area (Å²) in [4.78, 5) is 26.1. The Hall–Kier alpha value is -3.64. The van der Waals surface area contributed by atoms with Crippen LogP contribution in [0.3, 0.4) is 0 Å². The van der Waals surface area contributed by atoms with Gasteiger partial charge in [0.2, 0.25) is 15.9 Å². The molecule has 150 valence electrons. The van der Waals surface area contributed by atoms with E-state index in [-0.39, 0.29) is 0 Å². The lowest BCUT2D eigenvalue weighted by Crippen LogP contribution is -2.33. The van der Waals surface area contributed by atoms with Crippen molar-refractivity contribution in [3.05, 3.63) is 64.5 Å². The molecule has 3 rings (SSSR count). The molecule has 11 nitrogen and oxygen atoms in total. The second-order valence-electron chi connectivity index (χ2n) is 5.92. The number of aromatic amines is 1. The number of carbonyl (C=O) groups is 1. The van der Waals surface area contributed by atoms with Crippen LogP contribution in [0.1, 0.15) is 5.82 Å². The Kier molecular flexibility index (Phi) is 5.66. The van der Waals surface area contributed by atoms with Gasteiger partial charge in [0.15, 0.2) is 10.7 Å². The van der Waals surface area contributed by atoms with Crippen LogP contribution < -0.4 is 10.0 Å². The van der Waals surface area contributed by atoms with E-state index in [4.69, 9.17) is 0 Å². The third-order valence-electron chi connectivity index (χ3n) is 3.78. The highest BCUT2D eigenvalue weighted by molar-refractivity contribution is 7.89. The normalized spacial score (nSPS) is 11.2. The quantitative estimate of drug-likeness (QED) is 0.389. The van der Waals surface area contributed by atoms with Gasteiger partial charge in [-0.1, -0.05) is 24.3 Å². The summed E-state index contributed by atoms with van der Waals surface area (Å²) in [5, 5.41) is 20.3. The predicted molar refractivity (Wildman–Crippen MR) is 103 cm³/mol. The fourth-order valence-electron chi connectivity index (χ4n) is 2.49. The number of nitrogens with one attached hydrogen (secondary N) is 3. The molecule has 0 fully saturated rings. The number of aryl methyl sites for hydroxylation is 1. The Bertz CT molecular complexity index is 1170. The fourth-order valence-corrected chi connectivity index (χ4v) is 3.64. The van der Waals surface area contributed by atoms with Crippen LogP contribution in [0, 0.1) is 17.0 Å². The number of benzene rings is 2. The molecule has 0 unspecified atom stereocenters. The summed E-state index contributed by atoms with van der Waals surface area (Å²) >= 11 is 0. The third-order valence-corrected chi connectivity index (χ3v) is 5.22. The average molecular weight is 416 g/mol. The van der Waals surface area contributed by atoms with Gasteiger partial charge in [0, 0.05) is 17.3 Å². The van der Waals surface area contributed by atoms with Gasteiger partial charge >= 0.3 is 0 Å². The number of para-hydroxylation sites is 1. The molecule has 3 aromatic rings. The number of nitrogens with zero attached hydrogens (tertiary/aromatic N) is 3. The largest absolute Gasteiger partial charge is 0.325 e. The van der Waals surface area contributed by atoms with Crippen molar-refractivity contribution in [2.24, 2.45) is 0 Å². The van der Waals surface area contributed by atoms with Crippen LogP contribution in [0.15, 0.2) is 53.4 Å². The van der Waals surface area contributed by atoms with Crippen LogP contribution in [0.5, 0.6) is 0 Å². The molecule has 0 radical (unpaired) electrons. The molecule has 0 bridgehead atoms. The van der Waals surface area contributed by atoms with Crippen LogP contribution in [0.2, 0.25) is 0 Å². The molecule has 0 saturated heterocycles.